The van der Waals surface area contributed by atoms with Crippen LogP contribution in [0.1, 0.15) is 32.1 Å². The van der Waals surface area contributed by atoms with Gasteiger partial charge in [-0.25, -0.2) is 0 Å². The molecule has 4 heteroatoms. The summed E-state index contributed by atoms with van der Waals surface area (Å²) in [5.41, 5.74) is 5.26. The van der Waals surface area contributed by atoms with Gasteiger partial charge in [0.2, 0.25) is 5.91 Å². The third-order valence-corrected chi connectivity index (χ3v) is 3.92. The van der Waals surface area contributed by atoms with Crippen LogP contribution in [-0.2, 0) is 14.4 Å². The van der Waals surface area contributed by atoms with E-state index in [0.717, 1.165) is 25.7 Å². The van der Waals surface area contributed by atoms with E-state index < -0.39 is 5.92 Å². The highest BCUT2D eigenvalue weighted by atomic mass is 16.2. The third kappa shape index (κ3) is 2.62. The molecule has 0 aromatic heterocycles. The minimum Gasteiger partial charge on any atom is -0.369 e. The molecule has 2 aliphatic rings. The zero-order valence-electron chi connectivity index (χ0n) is 9.72. The standard InChI is InChI=1S/C13H17NO3/c14-13(17)9-3-1-8(2-4-9)7-10-11(15)5-6-12(10)16/h5-6,8-10H,1-4,7H2,(H2,14,17). The number of rotatable bonds is 3. The third-order valence-electron chi connectivity index (χ3n) is 3.92. The normalized spacial score (nSPS) is 29.9. The summed E-state index contributed by atoms with van der Waals surface area (Å²) in [6.45, 7) is 0. The molecule has 92 valence electrons. The summed E-state index contributed by atoms with van der Waals surface area (Å²) in [4.78, 5) is 33.9. The van der Waals surface area contributed by atoms with Gasteiger partial charge in [0.15, 0.2) is 11.6 Å². The topological polar surface area (TPSA) is 77.2 Å². The summed E-state index contributed by atoms with van der Waals surface area (Å²) in [6.07, 6.45) is 6.76. The number of allylic oxidation sites excluding steroid dienone is 2. The maximum absolute atomic E-state index is 11.4. The molecule has 0 aromatic carbocycles. The van der Waals surface area contributed by atoms with E-state index in [4.69, 9.17) is 5.73 Å². The molecule has 2 N–H and O–H groups in total. The van der Waals surface area contributed by atoms with Gasteiger partial charge in [-0.05, 0) is 50.2 Å². The van der Waals surface area contributed by atoms with Crippen LogP contribution in [0.5, 0.6) is 0 Å². The summed E-state index contributed by atoms with van der Waals surface area (Å²) in [6, 6.07) is 0. The Morgan fingerprint density at radius 3 is 2.12 bits per heavy atom. The van der Waals surface area contributed by atoms with Gasteiger partial charge < -0.3 is 5.73 Å². The molecule has 1 fully saturated rings. The van der Waals surface area contributed by atoms with E-state index in [2.05, 4.69) is 0 Å². The van der Waals surface area contributed by atoms with Crippen LogP contribution >= 0.6 is 0 Å². The Hall–Kier alpha value is -1.45. The maximum atomic E-state index is 11.4. The van der Waals surface area contributed by atoms with Crippen LogP contribution in [0.25, 0.3) is 0 Å². The Morgan fingerprint density at radius 2 is 1.65 bits per heavy atom. The van der Waals surface area contributed by atoms with Crippen molar-refractivity contribution in [2.45, 2.75) is 32.1 Å². The lowest BCUT2D eigenvalue weighted by Gasteiger charge is -2.27. The number of primary amides is 1. The van der Waals surface area contributed by atoms with E-state index in [1.165, 1.54) is 12.2 Å². The number of carbonyl (C=O) groups excluding carboxylic acids is 3. The van der Waals surface area contributed by atoms with Crippen LogP contribution in [0, 0.1) is 17.8 Å². The number of hydrogen-bond donors (Lipinski definition) is 1. The maximum Gasteiger partial charge on any atom is 0.220 e. The number of amides is 1. The van der Waals surface area contributed by atoms with Crippen LogP contribution in [0.4, 0.5) is 0 Å². The molecule has 4 nitrogen and oxygen atoms in total. The molecular formula is C13H17NO3. The second-order valence-electron chi connectivity index (χ2n) is 5.05. The summed E-state index contributed by atoms with van der Waals surface area (Å²) in [7, 11) is 0. The van der Waals surface area contributed by atoms with Crippen LogP contribution in [-0.4, -0.2) is 17.5 Å². The first-order valence-electron chi connectivity index (χ1n) is 6.13. The number of carbonyl (C=O) groups is 3. The van der Waals surface area contributed by atoms with Crippen LogP contribution in [0.15, 0.2) is 12.2 Å². The van der Waals surface area contributed by atoms with Gasteiger partial charge in [0.25, 0.3) is 0 Å². The highest BCUT2D eigenvalue weighted by Gasteiger charge is 2.33. The van der Waals surface area contributed by atoms with E-state index >= 15 is 0 Å². The van der Waals surface area contributed by atoms with Crippen molar-refractivity contribution in [2.24, 2.45) is 23.5 Å². The van der Waals surface area contributed by atoms with Gasteiger partial charge >= 0.3 is 0 Å². The largest absolute Gasteiger partial charge is 0.369 e. The fourth-order valence-electron chi connectivity index (χ4n) is 2.79. The van der Waals surface area contributed by atoms with Crippen molar-refractivity contribution in [3.63, 3.8) is 0 Å². The van der Waals surface area contributed by atoms with Crippen LogP contribution in [0.3, 0.4) is 0 Å². The predicted molar refractivity (Wildman–Crippen MR) is 61.9 cm³/mol. The minimum absolute atomic E-state index is 0.0145. The molecular weight excluding hydrogens is 218 g/mol. The Morgan fingerprint density at radius 1 is 1.12 bits per heavy atom. The second-order valence-corrected chi connectivity index (χ2v) is 5.05. The molecule has 0 saturated heterocycles. The van der Waals surface area contributed by atoms with Gasteiger partial charge in [0, 0.05) is 5.92 Å². The lowest BCUT2D eigenvalue weighted by atomic mass is 9.77. The first kappa shape index (κ1) is 12.0. The monoisotopic (exact) mass is 235 g/mol. The second kappa shape index (κ2) is 4.82. The van der Waals surface area contributed by atoms with Crippen molar-refractivity contribution in [3.05, 3.63) is 12.2 Å². The van der Waals surface area contributed by atoms with Gasteiger partial charge in [-0.2, -0.15) is 0 Å². The minimum atomic E-state index is -0.454. The van der Waals surface area contributed by atoms with E-state index in [0.29, 0.717) is 12.3 Å². The number of hydrogen-bond acceptors (Lipinski definition) is 3. The lowest BCUT2D eigenvalue weighted by Crippen LogP contribution is -2.29. The number of nitrogens with two attached hydrogens (primary N) is 1. The summed E-state index contributed by atoms with van der Waals surface area (Å²) < 4.78 is 0. The van der Waals surface area contributed by atoms with Crippen molar-refractivity contribution < 1.29 is 14.4 Å². The highest BCUT2D eigenvalue weighted by molar-refractivity contribution is 6.18. The molecule has 0 spiro atoms. The molecule has 0 atom stereocenters. The van der Waals surface area contributed by atoms with Gasteiger partial charge in [-0.3, -0.25) is 14.4 Å². The van der Waals surface area contributed by atoms with Gasteiger partial charge in [-0.15, -0.1) is 0 Å². The van der Waals surface area contributed by atoms with Crippen molar-refractivity contribution in [2.75, 3.05) is 0 Å². The first-order chi connectivity index (χ1) is 8.08. The summed E-state index contributed by atoms with van der Waals surface area (Å²) in [5, 5.41) is 0. The molecule has 0 radical (unpaired) electrons. The predicted octanol–water partition coefficient (Wildman–Crippen LogP) is 0.992. The smallest absolute Gasteiger partial charge is 0.220 e. The van der Waals surface area contributed by atoms with Crippen molar-refractivity contribution in [3.8, 4) is 0 Å². The van der Waals surface area contributed by atoms with E-state index in [9.17, 15) is 14.4 Å². The molecule has 2 rings (SSSR count). The Balaban J connectivity index is 1.84. The average Bonchev–Trinajstić information content (AvgIpc) is 2.61. The average molecular weight is 235 g/mol. The Bertz CT molecular complexity index is 360. The van der Waals surface area contributed by atoms with Crippen LogP contribution in [0.2, 0.25) is 0 Å². The SMILES string of the molecule is NC(=O)C1CCC(CC2C(=O)C=CC2=O)CC1. The molecule has 0 aliphatic heterocycles. The number of ketones is 2. The van der Waals surface area contributed by atoms with E-state index in [-0.39, 0.29) is 23.4 Å². The zero-order chi connectivity index (χ0) is 12.4. The summed E-state index contributed by atoms with van der Waals surface area (Å²) >= 11 is 0. The van der Waals surface area contributed by atoms with Gasteiger partial charge in [-0.1, -0.05) is 0 Å². The summed E-state index contributed by atoms with van der Waals surface area (Å²) in [5.74, 6) is -0.440. The van der Waals surface area contributed by atoms with E-state index in [1.807, 2.05) is 0 Å². The molecule has 2 aliphatic carbocycles. The fourth-order valence-corrected chi connectivity index (χ4v) is 2.79. The highest BCUT2D eigenvalue weighted by Crippen LogP contribution is 2.34. The molecule has 17 heavy (non-hydrogen) atoms. The Kier molecular flexibility index (Phi) is 3.41. The lowest BCUT2D eigenvalue weighted by molar-refractivity contribution is -0.127. The Labute approximate surface area is 100 Å². The first-order valence-corrected chi connectivity index (χ1v) is 6.13. The van der Waals surface area contributed by atoms with Crippen molar-refractivity contribution >= 4 is 17.5 Å². The molecule has 0 heterocycles. The van der Waals surface area contributed by atoms with Crippen molar-refractivity contribution in [1.29, 1.82) is 0 Å². The molecule has 0 unspecified atom stereocenters. The molecule has 0 bridgehead atoms. The van der Waals surface area contributed by atoms with Crippen molar-refractivity contribution in [1.82, 2.24) is 0 Å². The van der Waals surface area contributed by atoms with E-state index in [1.54, 1.807) is 0 Å². The van der Waals surface area contributed by atoms with Gasteiger partial charge in [0.1, 0.15) is 0 Å². The van der Waals surface area contributed by atoms with Crippen LogP contribution < -0.4 is 5.73 Å². The molecule has 0 aromatic rings. The van der Waals surface area contributed by atoms with Gasteiger partial charge in [0.05, 0.1) is 5.92 Å². The molecule has 1 saturated carbocycles. The fraction of sp³-hybridized carbons (Fsp3) is 0.615. The molecule has 1 amide bonds. The quantitative estimate of drug-likeness (QED) is 0.741. The zero-order valence-corrected chi connectivity index (χ0v) is 9.72.